The number of sulfonamides is 1. The second-order valence-electron chi connectivity index (χ2n) is 6.00. The first kappa shape index (κ1) is 17.4. The van der Waals surface area contributed by atoms with Crippen LogP contribution in [0.25, 0.3) is 0 Å². The highest BCUT2D eigenvalue weighted by atomic mass is 32.2. The summed E-state index contributed by atoms with van der Waals surface area (Å²) < 4.78 is 27.4. The SMILES string of the molecule is CCc1ccc(S(=O)(=O)NCC(O)c2ccc3c(c2)CCN3C)s1. The number of aliphatic hydroxyl groups excluding tert-OH is 1. The smallest absolute Gasteiger partial charge is 0.250 e. The van der Waals surface area contributed by atoms with Gasteiger partial charge in [0, 0.05) is 30.7 Å². The zero-order valence-electron chi connectivity index (χ0n) is 13.8. The molecule has 1 atom stereocenters. The zero-order valence-corrected chi connectivity index (χ0v) is 15.5. The Morgan fingerprint density at radius 1 is 1.33 bits per heavy atom. The minimum absolute atomic E-state index is 0.0314. The van der Waals surface area contributed by atoms with Crippen LogP contribution in [0.3, 0.4) is 0 Å². The lowest BCUT2D eigenvalue weighted by Gasteiger charge is -2.15. The van der Waals surface area contributed by atoms with Gasteiger partial charge in [0.15, 0.2) is 0 Å². The topological polar surface area (TPSA) is 69.6 Å². The molecule has 3 rings (SSSR count). The van der Waals surface area contributed by atoms with Crippen molar-refractivity contribution in [2.24, 2.45) is 0 Å². The van der Waals surface area contributed by atoms with Gasteiger partial charge in [0.25, 0.3) is 0 Å². The lowest BCUT2D eigenvalue weighted by atomic mass is 10.0. The van der Waals surface area contributed by atoms with Crippen LogP contribution >= 0.6 is 11.3 Å². The van der Waals surface area contributed by atoms with Crippen molar-refractivity contribution in [1.29, 1.82) is 0 Å². The molecule has 1 aromatic carbocycles. The highest BCUT2D eigenvalue weighted by molar-refractivity contribution is 7.91. The maximum atomic E-state index is 12.3. The third-order valence-electron chi connectivity index (χ3n) is 4.33. The van der Waals surface area contributed by atoms with Crippen LogP contribution in [-0.2, 0) is 22.9 Å². The molecular weight excluding hydrogens is 344 g/mol. The summed E-state index contributed by atoms with van der Waals surface area (Å²) in [6.45, 7) is 2.93. The average Bonchev–Trinajstić information content (AvgIpc) is 3.20. The van der Waals surface area contributed by atoms with Crippen LogP contribution in [0.4, 0.5) is 5.69 Å². The molecule has 0 aliphatic carbocycles. The van der Waals surface area contributed by atoms with Gasteiger partial charge in [-0.1, -0.05) is 19.1 Å². The van der Waals surface area contributed by atoms with Gasteiger partial charge in [-0.25, -0.2) is 13.1 Å². The van der Waals surface area contributed by atoms with Crippen LogP contribution in [0, 0.1) is 0 Å². The number of nitrogens with zero attached hydrogens (tertiary/aromatic N) is 1. The van der Waals surface area contributed by atoms with Gasteiger partial charge in [-0.05, 0) is 42.2 Å². The summed E-state index contributed by atoms with van der Waals surface area (Å²) in [5.74, 6) is 0. The monoisotopic (exact) mass is 366 g/mol. The summed E-state index contributed by atoms with van der Waals surface area (Å²) in [5, 5.41) is 10.3. The van der Waals surface area contributed by atoms with Crippen LogP contribution in [0.2, 0.25) is 0 Å². The van der Waals surface area contributed by atoms with Crippen LogP contribution in [0.1, 0.15) is 29.0 Å². The van der Waals surface area contributed by atoms with E-state index in [0.29, 0.717) is 4.21 Å². The van der Waals surface area contributed by atoms with E-state index in [4.69, 9.17) is 0 Å². The molecule has 2 N–H and O–H groups in total. The van der Waals surface area contributed by atoms with E-state index in [2.05, 4.69) is 9.62 Å². The van der Waals surface area contributed by atoms with Gasteiger partial charge < -0.3 is 10.0 Å². The lowest BCUT2D eigenvalue weighted by Crippen LogP contribution is -2.28. The van der Waals surface area contributed by atoms with Crippen LogP contribution in [0.15, 0.2) is 34.5 Å². The number of aliphatic hydroxyl groups is 1. The summed E-state index contributed by atoms with van der Waals surface area (Å²) in [7, 11) is -1.53. The number of likely N-dealkylation sites (N-methyl/N-ethyl adjacent to an activating group) is 1. The number of benzene rings is 1. The van der Waals surface area contributed by atoms with Crippen LogP contribution in [-0.4, -0.2) is 33.7 Å². The molecule has 2 heterocycles. The lowest BCUT2D eigenvalue weighted by molar-refractivity contribution is 0.182. The Balaban J connectivity index is 1.68. The van der Waals surface area contributed by atoms with Crippen molar-refractivity contribution in [3.8, 4) is 0 Å². The summed E-state index contributed by atoms with van der Waals surface area (Å²) >= 11 is 1.27. The molecule has 0 bridgehead atoms. The number of nitrogens with one attached hydrogen (secondary N) is 1. The molecule has 0 spiro atoms. The Bertz CT molecular complexity index is 830. The van der Waals surface area contributed by atoms with E-state index in [1.807, 2.05) is 38.2 Å². The van der Waals surface area contributed by atoms with E-state index in [1.54, 1.807) is 6.07 Å². The zero-order chi connectivity index (χ0) is 17.3. The van der Waals surface area contributed by atoms with Crippen LogP contribution < -0.4 is 9.62 Å². The molecule has 130 valence electrons. The molecule has 0 amide bonds. The fourth-order valence-corrected chi connectivity index (χ4v) is 5.24. The second-order valence-corrected chi connectivity index (χ2v) is 9.16. The normalized spacial score (nSPS) is 15.5. The summed E-state index contributed by atoms with van der Waals surface area (Å²) in [5.41, 5.74) is 3.12. The Morgan fingerprint density at radius 2 is 2.12 bits per heavy atom. The maximum Gasteiger partial charge on any atom is 0.250 e. The second kappa shape index (κ2) is 6.84. The molecule has 0 saturated carbocycles. The van der Waals surface area contributed by atoms with Crippen molar-refractivity contribution < 1.29 is 13.5 Å². The summed E-state index contributed by atoms with van der Waals surface area (Å²) in [6.07, 6.45) is 0.904. The van der Waals surface area contributed by atoms with Crippen molar-refractivity contribution in [2.75, 3.05) is 25.0 Å². The first-order chi connectivity index (χ1) is 11.4. The van der Waals surface area contributed by atoms with E-state index in [1.165, 1.54) is 22.6 Å². The number of anilines is 1. The van der Waals surface area contributed by atoms with Gasteiger partial charge in [0.2, 0.25) is 10.0 Å². The third kappa shape index (κ3) is 3.49. The molecule has 5 nitrogen and oxygen atoms in total. The van der Waals surface area contributed by atoms with Crippen molar-refractivity contribution in [3.63, 3.8) is 0 Å². The van der Waals surface area contributed by atoms with Crippen molar-refractivity contribution in [3.05, 3.63) is 46.3 Å². The van der Waals surface area contributed by atoms with Crippen molar-refractivity contribution in [2.45, 2.75) is 30.1 Å². The molecule has 1 unspecified atom stereocenters. The molecule has 0 radical (unpaired) electrons. The third-order valence-corrected chi connectivity index (χ3v) is 7.48. The maximum absolute atomic E-state index is 12.3. The summed E-state index contributed by atoms with van der Waals surface area (Å²) in [4.78, 5) is 3.20. The Morgan fingerprint density at radius 3 is 2.83 bits per heavy atom. The van der Waals surface area contributed by atoms with Crippen molar-refractivity contribution >= 4 is 27.0 Å². The Kier molecular flexibility index (Phi) is 4.96. The highest BCUT2D eigenvalue weighted by Crippen LogP contribution is 2.29. The molecule has 2 aromatic rings. The summed E-state index contributed by atoms with van der Waals surface area (Å²) in [6, 6.07) is 9.26. The fourth-order valence-electron chi connectivity index (χ4n) is 2.86. The first-order valence-electron chi connectivity index (χ1n) is 8.01. The van der Waals surface area contributed by atoms with E-state index >= 15 is 0 Å². The number of rotatable bonds is 6. The largest absolute Gasteiger partial charge is 0.387 e. The van der Waals surface area contributed by atoms with Gasteiger partial charge >= 0.3 is 0 Å². The Hall–Kier alpha value is -1.41. The molecule has 1 aliphatic heterocycles. The molecular formula is C17H22N2O3S2. The molecule has 0 saturated heterocycles. The average molecular weight is 367 g/mol. The predicted octanol–water partition coefficient (Wildman–Crippen LogP) is 2.31. The molecule has 0 fully saturated rings. The van der Waals surface area contributed by atoms with E-state index in [0.717, 1.165) is 29.8 Å². The molecule has 7 heteroatoms. The van der Waals surface area contributed by atoms with Gasteiger partial charge in [0.1, 0.15) is 4.21 Å². The fraction of sp³-hybridized carbons (Fsp3) is 0.412. The van der Waals surface area contributed by atoms with E-state index in [-0.39, 0.29) is 6.54 Å². The van der Waals surface area contributed by atoms with E-state index < -0.39 is 16.1 Å². The first-order valence-corrected chi connectivity index (χ1v) is 10.3. The van der Waals surface area contributed by atoms with Gasteiger partial charge in [-0.15, -0.1) is 11.3 Å². The minimum atomic E-state index is -3.57. The molecule has 1 aliphatic rings. The number of thiophene rings is 1. The number of aryl methyl sites for hydroxylation is 1. The Labute approximate surface area is 147 Å². The number of fused-ring (bicyclic) bond motifs is 1. The van der Waals surface area contributed by atoms with Gasteiger partial charge in [0.05, 0.1) is 6.10 Å². The van der Waals surface area contributed by atoms with Gasteiger partial charge in [-0.3, -0.25) is 0 Å². The highest BCUT2D eigenvalue weighted by Gasteiger charge is 2.21. The van der Waals surface area contributed by atoms with Crippen molar-refractivity contribution in [1.82, 2.24) is 4.72 Å². The number of hydrogen-bond acceptors (Lipinski definition) is 5. The number of hydrogen-bond donors (Lipinski definition) is 2. The standard InChI is InChI=1S/C17H22N2O3S2/c1-3-14-5-7-17(23-14)24(21,22)18-11-16(20)13-4-6-15-12(10-13)8-9-19(15)2/h4-7,10,16,18,20H,3,8-9,11H2,1-2H3. The quantitative estimate of drug-likeness (QED) is 0.823. The van der Waals surface area contributed by atoms with Crippen LogP contribution in [0.5, 0.6) is 0 Å². The van der Waals surface area contributed by atoms with Gasteiger partial charge in [-0.2, -0.15) is 0 Å². The molecule has 24 heavy (non-hydrogen) atoms. The van der Waals surface area contributed by atoms with E-state index in [9.17, 15) is 13.5 Å². The predicted molar refractivity (Wildman–Crippen MR) is 97.3 cm³/mol. The minimum Gasteiger partial charge on any atom is -0.387 e. The molecule has 1 aromatic heterocycles.